The average molecular weight is 164 g/mol. The quantitative estimate of drug-likeness (QED) is 0.538. The van der Waals surface area contributed by atoms with Crippen molar-refractivity contribution < 1.29 is 4.79 Å². The Bertz CT molecular complexity index is 205. The van der Waals surface area contributed by atoms with Gasteiger partial charge in [-0.15, -0.1) is 0 Å². The second-order valence-electron chi connectivity index (χ2n) is 4.05. The van der Waals surface area contributed by atoms with Crippen LogP contribution in [-0.2, 0) is 4.79 Å². The second-order valence-corrected chi connectivity index (χ2v) is 4.05. The second kappa shape index (κ2) is 3.42. The first kappa shape index (κ1) is 8.03. The number of carbonyl (C=O) groups is 1. The predicted molar refractivity (Wildman–Crippen MR) is 48.8 cm³/mol. The number of hydrogen-bond donors (Lipinski definition) is 0. The molecule has 0 bridgehead atoms. The molecular formula is C11H16O. The summed E-state index contributed by atoms with van der Waals surface area (Å²) in [5.41, 5.74) is 0. The Balaban J connectivity index is 1.95. The molecule has 12 heavy (non-hydrogen) atoms. The molecule has 0 heterocycles. The minimum absolute atomic E-state index is 0.391. The van der Waals surface area contributed by atoms with Crippen molar-refractivity contribution in [2.24, 2.45) is 11.8 Å². The third-order valence-electron chi connectivity index (χ3n) is 3.02. The molecule has 2 atom stereocenters. The lowest BCUT2D eigenvalue weighted by Crippen LogP contribution is -1.98. The lowest BCUT2D eigenvalue weighted by atomic mass is 10.0. The van der Waals surface area contributed by atoms with Gasteiger partial charge in [-0.3, -0.25) is 4.79 Å². The van der Waals surface area contributed by atoms with E-state index in [4.69, 9.17) is 0 Å². The molecule has 0 spiro atoms. The minimum Gasteiger partial charge on any atom is -0.295 e. The summed E-state index contributed by atoms with van der Waals surface area (Å²) in [6.45, 7) is 0. The fourth-order valence-electron chi connectivity index (χ4n) is 2.08. The predicted octanol–water partition coefficient (Wildman–Crippen LogP) is 2.71. The Morgan fingerprint density at radius 2 is 2.17 bits per heavy atom. The van der Waals surface area contributed by atoms with Gasteiger partial charge in [-0.05, 0) is 37.7 Å². The molecule has 0 saturated heterocycles. The smallest absolute Gasteiger partial charge is 0.158 e. The molecule has 0 amide bonds. The lowest BCUT2D eigenvalue weighted by Gasteiger charge is -2.00. The molecule has 0 aromatic carbocycles. The van der Waals surface area contributed by atoms with Crippen LogP contribution in [0.1, 0.15) is 38.5 Å². The van der Waals surface area contributed by atoms with Crippen LogP contribution in [0.15, 0.2) is 12.2 Å². The zero-order valence-corrected chi connectivity index (χ0v) is 7.46. The zero-order valence-electron chi connectivity index (χ0n) is 7.46. The molecule has 1 fully saturated rings. The van der Waals surface area contributed by atoms with Gasteiger partial charge in [0.1, 0.15) is 0 Å². The van der Waals surface area contributed by atoms with Crippen LogP contribution in [-0.4, -0.2) is 5.78 Å². The van der Waals surface area contributed by atoms with Crippen LogP contribution < -0.4 is 0 Å². The van der Waals surface area contributed by atoms with E-state index in [1.54, 1.807) is 0 Å². The standard InChI is InChI=1S/C11H16O/c12-11-7-5-3-1-2-4-6-9-8-10(9)11/h5,7,9-10H,1-4,6,8H2/b7-5-/t9-,10+/m1/s1. The summed E-state index contributed by atoms with van der Waals surface area (Å²) in [4.78, 5) is 11.4. The highest BCUT2D eigenvalue weighted by atomic mass is 16.1. The van der Waals surface area contributed by atoms with E-state index in [-0.39, 0.29) is 0 Å². The summed E-state index contributed by atoms with van der Waals surface area (Å²) in [6.07, 6.45) is 11.4. The number of ketones is 1. The van der Waals surface area contributed by atoms with Crippen LogP contribution in [0.3, 0.4) is 0 Å². The van der Waals surface area contributed by atoms with E-state index in [1.807, 2.05) is 6.08 Å². The van der Waals surface area contributed by atoms with Gasteiger partial charge in [0, 0.05) is 5.92 Å². The van der Waals surface area contributed by atoms with Crippen molar-refractivity contribution in [3.05, 3.63) is 12.2 Å². The number of carbonyl (C=O) groups excluding carboxylic acids is 1. The van der Waals surface area contributed by atoms with Crippen LogP contribution in [0, 0.1) is 11.8 Å². The van der Waals surface area contributed by atoms with Crippen molar-refractivity contribution in [1.29, 1.82) is 0 Å². The summed E-state index contributed by atoms with van der Waals surface area (Å²) >= 11 is 0. The van der Waals surface area contributed by atoms with Crippen molar-refractivity contribution in [2.75, 3.05) is 0 Å². The molecule has 0 unspecified atom stereocenters. The van der Waals surface area contributed by atoms with Gasteiger partial charge in [-0.2, -0.15) is 0 Å². The van der Waals surface area contributed by atoms with Crippen molar-refractivity contribution in [3.8, 4) is 0 Å². The zero-order chi connectivity index (χ0) is 8.39. The van der Waals surface area contributed by atoms with E-state index in [2.05, 4.69) is 6.08 Å². The molecule has 2 aliphatic carbocycles. The molecule has 2 aliphatic rings. The number of rotatable bonds is 0. The molecule has 0 aliphatic heterocycles. The first-order valence-electron chi connectivity index (χ1n) is 5.08. The van der Waals surface area contributed by atoms with Gasteiger partial charge in [0.25, 0.3) is 0 Å². The topological polar surface area (TPSA) is 17.1 Å². The van der Waals surface area contributed by atoms with Gasteiger partial charge in [0.05, 0.1) is 0 Å². The highest BCUT2D eigenvalue weighted by molar-refractivity contribution is 5.93. The Kier molecular flexibility index (Phi) is 2.29. The van der Waals surface area contributed by atoms with Crippen molar-refractivity contribution in [1.82, 2.24) is 0 Å². The SMILES string of the molecule is O=C1/C=C\CCCCC[C@@H]2C[C@H]12. The van der Waals surface area contributed by atoms with Gasteiger partial charge < -0.3 is 0 Å². The molecule has 0 aromatic rings. The first-order chi connectivity index (χ1) is 5.88. The molecule has 1 nitrogen and oxygen atoms in total. The maximum Gasteiger partial charge on any atom is 0.158 e. The Labute approximate surface area is 73.8 Å². The first-order valence-corrected chi connectivity index (χ1v) is 5.08. The van der Waals surface area contributed by atoms with E-state index in [9.17, 15) is 4.79 Å². The van der Waals surface area contributed by atoms with Gasteiger partial charge >= 0.3 is 0 Å². The van der Waals surface area contributed by atoms with Crippen LogP contribution in [0.5, 0.6) is 0 Å². The highest BCUT2D eigenvalue weighted by Crippen LogP contribution is 2.43. The Hall–Kier alpha value is -0.590. The summed E-state index contributed by atoms with van der Waals surface area (Å²) in [5.74, 6) is 1.56. The van der Waals surface area contributed by atoms with E-state index < -0.39 is 0 Å². The molecule has 1 heteroatoms. The summed E-state index contributed by atoms with van der Waals surface area (Å²) in [5, 5.41) is 0. The number of fused-ring (bicyclic) bond motifs is 1. The van der Waals surface area contributed by atoms with E-state index >= 15 is 0 Å². The molecule has 0 radical (unpaired) electrons. The fraction of sp³-hybridized carbons (Fsp3) is 0.727. The van der Waals surface area contributed by atoms with Crippen molar-refractivity contribution >= 4 is 5.78 Å². The largest absolute Gasteiger partial charge is 0.295 e. The summed E-state index contributed by atoms with van der Waals surface area (Å²) in [6, 6.07) is 0. The number of allylic oxidation sites excluding steroid dienone is 2. The van der Waals surface area contributed by atoms with E-state index in [0.29, 0.717) is 11.7 Å². The van der Waals surface area contributed by atoms with Crippen LogP contribution >= 0.6 is 0 Å². The van der Waals surface area contributed by atoms with Crippen LogP contribution in [0.2, 0.25) is 0 Å². The molecular weight excluding hydrogens is 148 g/mol. The van der Waals surface area contributed by atoms with E-state index in [1.165, 1.54) is 32.1 Å². The monoisotopic (exact) mass is 164 g/mol. The fourth-order valence-corrected chi connectivity index (χ4v) is 2.08. The molecule has 0 N–H and O–H groups in total. The van der Waals surface area contributed by atoms with Crippen LogP contribution in [0.25, 0.3) is 0 Å². The Morgan fingerprint density at radius 1 is 1.25 bits per heavy atom. The maximum absolute atomic E-state index is 11.4. The Morgan fingerprint density at radius 3 is 3.08 bits per heavy atom. The van der Waals surface area contributed by atoms with Crippen LogP contribution in [0.4, 0.5) is 0 Å². The van der Waals surface area contributed by atoms with Gasteiger partial charge in [0.2, 0.25) is 0 Å². The molecule has 66 valence electrons. The van der Waals surface area contributed by atoms with Crippen molar-refractivity contribution in [3.63, 3.8) is 0 Å². The molecule has 2 rings (SSSR count). The summed E-state index contributed by atoms with van der Waals surface area (Å²) in [7, 11) is 0. The van der Waals surface area contributed by atoms with Crippen molar-refractivity contribution in [2.45, 2.75) is 38.5 Å². The normalized spacial score (nSPS) is 38.5. The van der Waals surface area contributed by atoms with Gasteiger partial charge in [-0.25, -0.2) is 0 Å². The lowest BCUT2D eigenvalue weighted by molar-refractivity contribution is -0.116. The molecule has 0 aromatic heterocycles. The average Bonchev–Trinajstić information content (AvgIpc) is 2.82. The third-order valence-corrected chi connectivity index (χ3v) is 3.02. The maximum atomic E-state index is 11.4. The van der Waals surface area contributed by atoms with E-state index in [0.717, 1.165) is 12.3 Å². The summed E-state index contributed by atoms with van der Waals surface area (Å²) < 4.78 is 0. The number of hydrogen-bond acceptors (Lipinski definition) is 1. The van der Waals surface area contributed by atoms with Gasteiger partial charge in [-0.1, -0.05) is 18.9 Å². The molecule has 1 saturated carbocycles. The highest BCUT2D eigenvalue weighted by Gasteiger charge is 2.40. The van der Waals surface area contributed by atoms with Gasteiger partial charge in [0.15, 0.2) is 5.78 Å². The third kappa shape index (κ3) is 1.77. The minimum atomic E-state index is 0.391.